The molecule has 6 nitrogen and oxygen atoms in total. The first-order valence-corrected chi connectivity index (χ1v) is 8.98. The number of halogens is 1. The molecule has 1 aliphatic rings. The van der Waals surface area contributed by atoms with Crippen LogP contribution in [0.4, 0.5) is 15.8 Å². The highest BCUT2D eigenvalue weighted by atomic mass is 19.1. The molecule has 0 aromatic heterocycles. The topological polar surface area (TPSA) is 76.7 Å². The number of benzene rings is 2. The molecular formula is C20H23FN3O3+. The molecule has 1 amide bonds. The lowest BCUT2D eigenvalue weighted by atomic mass is 10.1. The molecule has 1 fully saturated rings. The zero-order valence-electron chi connectivity index (χ0n) is 15.4. The molecule has 1 saturated carbocycles. The number of aryl methyl sites for hydroxylation is 2. The summed E-state index contributed by atoms with van der Waals surface area (Å²) in [5, 5.41) is 14.0. The van der Waals surface area contributed by atoms with E-state index in [9.17, 15) is 19.3 Å². The number of hydrogen-bond acceptors (Lipinski definition) is 3. The zero-order chi connectivity index (χ0) is 19.6. The summed E-state index contributed by atoms with van der Waals surface area (Å²) >= 11 is 0. The van der Waals surface area contributed by atoms with Crippen LogP contribution >= 0.6 is 0 Å². The molecule has 0 spiro atoms. The molecule has 27 heavy (non-hydrogen) atoms. The van der Waals surface area contributed by atoms with Gasteiger partial charge in [0, 0.05) is 24.5 Å². The standard InChI is InChI=1S/C20H22FN3O3/c1-13-9-18(19(24(26)27)10-14(13)2)22-20(25)12-23(16-7-8-16)11-15-5-3-4-6-17(15)21/h3-6,9-10,16H,7-8,11-12H2,1-2H3,(H,22,25)/p+1. The third-order valence-electron chi connectivity index (χ3n) is 5.00. The molecule has 2 aromatic rings. The van der Waals surface area contributed by atoms with Gasteiger partial charge >= 0.3 is 0 Å². The Labute approximate surface area is 157 Å². The van der Waals surface area contributed by atoms with Crippen molar-refractivity contribution in [2.45, 2.75) is 39.3 Å². The summed E-state index contributed by atoms with van der Waals surface area (Å²) in [5.74, 6) is -0.583. The molecule has 1 aliphatic carbocycles. The van der Waals surface area contributed by atoms with Crippen LogP contribution in [-0.4, -0.2) is 23.4 Å². The van der Waals surface area contributed by atoms with E-state index in [1.807, 2.05) is 6.92 Å². The monoisotopic (exact) mass is 372 g/mol. The SMILES string of the molecule is Cc1cc(NC(=O)C[NH+](Cc2ccccc2F)C2CC2)c([N+](=O)[O-])cc1C. The summed E-state index contributed by atoms with van der Waals surface area (Å²) in [6, 6.07) is 9.98. The number of rotatable bonds is 7. The van der Waals surface area contributed by atoms with Gasteiger partial charge in [0.1, 0.15) is 18.0 Å². The molecule has 0 bridgehead atoms. The number of nitro groups is 1. The number of carbonyl (C=O) groups excluding carboxylic acids is 1. The second kappa shape index (κ2) is 7.84. The average molecular weight is 372 g/mol. The van der Waals surface area contributed by atoms with Crippen molar-refractivity contribution in [3.05, 3.63) is 69.0 Å². The number of nitrogens with zero attached hydrogens (tertiary/aromatic N) is 1. The summed E-state index contributed by atoms with van der Waals surface area (Å²) in [6.07, 6.45) is 2.00. The van der Waals surface area contributed by atoms with Crippen molar-refractivity contribution >= 4 is 17.3 Å². The van der Waals surface area contributed by atoms with Gasteiger partial charge in [-0.25, -0.2) is 4.39 Å². The fourth-order valence-corrected chi connectivity index (χ4v) is 3.18. The van der Waals surface area contributed by atoms with Gasteiger partial charge in [0.05, 0.1) is 11.0 Å². The van der Waals surface area contributed by atoms with Crippen LogP contribution in [0.5, 0.6) is 0 Å². The van der Waals surface area contributed by atoms with Gasteiger partial charge < -0.3 is 10.2 Å². The lowest BCUT2D eigenvalue weighted by Gasteiger charge is -2.19. The van der Waals surface area contributed by atoms with E-state index in [1.165, 1.54) is 12.1 Å². The van der Waals surface area contributed by atoms with Crippen molar-refractivity contribution in [2.75, 3.05) is 11.9 Å². The number of nitrogens with one attached hydrogen (secondary N) is 2. The Morgan fingerprint density at radius 2 is 1.93 bits per heavy atom. The third-order valence-corrected chi connectivity index (χ3v) is 5.00. The summed E-state index contributed by atoms with van der Waals surface area (Å²) < 4.78 is 14.0. The van der Waals surface area contributed by atoms with Crippen LogP contribution in [0, 0.1) is 29.8 Å². The van der Waals surface area contributed by atoms with E-state index in [4.69, 9.17) is 0 Å². The molecule has 2 N–H and O–H groups in total. The minimum Gasteiger partial charge on any atom is -0.321 e. The normalized spacial score (nSPS) is 14.6. The van der Waals surface area contributed by atoms with Crippen LogP contribution in [-0.2, 0) is 11.3 Å². The average Bonchev–Trinajstić information content (AvgIpc) is 3.44. The zero-order valence-corrected chi connectivity index (χ0v) is 15.4. The fraction of sp³-hybridized carbons (Fsp3) is 0.350. The summed E-state index contributed by atoms with van der Waals surface area (Å²) in [5.41, 5.74) is 2.32. The molecule has 0 heterocycles. The number of anilines is 1. The van der Waals surface area contributed by atoms with Crippen molar-refractivity contribution in [3.63, 3.8) is 0 Å². The van der Waals surface area contributed by atoms with Crippen LogP contribution in [0.3, 0.4) is 0 Å². The number of nitro benzene ring substituents is 1. The van der Waals surface area contributed by atoms with Gasteiger partial charge in [-0.2, -0.15) is 0 Å². The lowest BCUT2D eigenvalue weighted by Crippen LogP contribution is -3.13. The van der Waals surface area contributed by atoms with E-state index >= 15 is 0 Å². The second-order valence-corrected chi connectivity index (χ2v) is 7.14. The Hall–Kier alpha value is -2.80. The number of quaternary nitrogens is 1. The highest BCUT2D eigenvalue weighted by Gasteiger charge is 2.35. The van der Waals surface area contributed by atoms with E-state index in [0.717, 1.165) is 28.9 Å². The van der Waals surface area contributed by atoms with Crippen molar-refractivity contribution in [1.82, 2.24) is 0 Å². The fourth-order valence-electron chi connectivity index (χ4n) is 3.18. The van der Waals surface area contributed by atoms with Gasteiger partial charge in [0.2, 0.25) is 0 Å². The van der Waals surface area contributed by atoms with Gasteiger partial charge in [-0.05, 0) is 37.1 Å². The van der Waals surface area contributed by atoms with Crippen molar-refractivity contribution in [1.29, 1.82) is 0 Å². The lowest BCUT2D eigenvalue weighted by molar-refractivity contribution is -0.917. The number of hydrogen-bond donors (Lipinski definition) is 2. The van der Waals surface area contributed by atoms with Gasteiger partial charge in [-0.15, -0.1) is 0 Å². The predicted octanol–water partition coefficient (Wildman–Crippen LogP) is 2.54. The van der Waals surface area contributed by atoms with E-state index in [1.54, 1.807) is 31.2 Å². The van der Waals surface area contributed by atoms with E-state index in [-0.39, 0.29) is 29.6 Å². The Kier molecular flexibility index (Phi) is 5.51. The smallest absolute Gasteiger partial charge is 0.293 e. The summed E-state index contributed by atoms with van der Waals surface area (Å²) in [4.78, 5) is 24.3. The van der Waals surface area contributed by atoms with E-state index in [2.05, 4.69) is 5.32 Å². The van der Waals surface area contributed by atoms with Gasteiger partial charge in [-0.3, -0.25) is 14.9 Å². The first-order chi connectivity index (χ1) is 12.8. The Morgan fingerprint density at radius 3 is 2.56 bits per heavy atom. The molecule has 7 heteroatoms. The maximum atomic E-state index is 14.0. The minimum atomic E-state index is -0.493. The maximum Gasteiger partial charge on any atom is 0.293 e. The van der Waals surface area contributed by atoms with Crippen LogP contribution < -0.4 is 10.2 Å². The summed E-state index contributed by atoms with van der Waals surface area (Å²) in [6.45, 7) is 4.19. The van der Waals surface area contributed by atoms with Gasteiger partial charge in [-0.1, -0.05) is 18.2 Å². The van der Waals surface area contributed by atoms with Crippen molar-refractivity contribution < 1.29 is 19.0 Å². The predicted molar refractivity (Wildman–Crippen MR) is 100 cm³/mol. The Morgan fingerprint density at radius 1 is 1.26 bits per heavy atom. The largest absolute Gasteiger partial charge is 0.321 e. The number of carbonyl (C=O) groups is 1. The van der Waals surface area contributed by atoms with Crippen LogP contribution in [0.2, 0.25) is 0 Å². The van der Waals surface area contributed by atoms with Crippen LogP contribution in [0.1, 0.15) is 29.5 Å². The highest BCUT2D eigenvalue weighted by molar-refractivity contribution is 5.94. The van der Waals surface area contributed by atoms with E-state index in [0.29, 0.717) is 18.2 Å². The molecule has 3 rings (SSSR count). The Bertz CT molecular complexity index is 881. The first kappa shape index (κ1) is 19.0. The minimum absolute atomic E-state index is 0.117. The molecular weight excluding hydrogens is 349 g/mol. The molecule has 0 saturated heterocycles. The number of amides is 1. The highest BCUT2D eigenvalue weighted by Crippen LogP contribution is 2.27. The van der Waals surface area contributed by atoms with Gasteiger partial charge in [0.15, 0.2) is 6.54 Å². The molecule has 0 radical (unpaired) electrons. The quantitative estimate of drug-likeness (QED) is 0.579. The molecule has 0 aliphatic heterocycles. The Balaban J connectivity index is 1.73. The molecule has 1 unspecified atom stereocenters. The van der Waals surface area contributed by atoms with E-state index < -0.39 is 4.92 Å². The molecule has 1 atom stereocenters. The van der Waals surface area contributed by atoms with Crippen molar-refractivity contribution in [3.8, 4) is 0 Å². The van der Waals surface area contributed by atoms with Crippen molar-refractivity contribution in [2.24, 2.45) is 0 Å². The van der Waals surface area contributed by atoms with Gasteiger partial charge in [0.25, 0.3) is 11.6 Å². The second-order valence-electron chi connectivity index (χ2n) is 7.14. The van der Waals surface area contributed by atoms with Crippen LogP contribution in [0.25, 0.3) is 0 Å². The summed E-state index contributed by atoms with van der Waals surface area (Å²) in [7, 11) is 0. The molecule has 142 valence electrons. The molecule has 2 aromatic carbocycles. The third kappa shape index (κ3) is 4.68. The first-order valence-electron chi connectivity index (χ1n) is 8.98. The van der Waals surface area contributed by atoms with Crippen LogP contribution in [0.15, 0.2) is 36.4 Å². The maximum absolute atomic E-state index is 14.0.